The van der Waals surface area contributed by atoms with Gasteiger partial charge in [-0.15, -0.1) is 0 Å². The topological polar surface area (TPSA) is 366 Å². The van der Waals surface area contributed by atoms with Gasteiger partial charge < -0.3 is 114 Å². The summed E-state index contributed by atoms with van der Waals surface area (Å²) in [6.07, 6.45) is -36.8. The van der Waals surface area contributed by atoms with E-state index in [1.165, 1.54) is 0 Å². The van der Waals surface area contributed by atoms with E-state index in [0.717, 1.165) is 0 Å². The molecule has 0 spiro atoms. The molecule has 23 heteroatoms. The summed E-state index contributed by atoms with van der Waals surface area (Å²) in [7, 11) is 0. The summed E-state index contributed by atoms with van der Waals surface area (Å²) in [5.74, 6) is 0. The van der Waals surface area contributed by atoms with E-state index >= 15 is 0 Å². The standard InChI is InChI=1S/C29H50O23/c30-2-8-1-9(34)16(37)27(46-8)49-14-7-45-26(21(42)18(14)39)51-24-19(40)12(4-32)48-29(50-23-13(5-33)44-6-10(35)15(23)36)25(24)52-28-22(43)20(41)17(38)11(3-31)47-28/h8-43H,1-7H2/t8-,9-,10-,11+,12+,13+,14+,15+,16+,17+,18-,19+,20-,21+,22+,23-,24-,25+,26-,27-,28-,29-/m0/s1. The van der Waals surface area contributed by atoms with Crippen molar-refractivity contribution in [2.75, 3.05) is 39.6 Å². The molecule has 5 aliphatic heterocycles. The zero-order valence-electron chi connectivity index (χ0n) is 27.6. The number of ether oxygens (including phenoxy) is 9. The third-order valence-electron chi connectivity index (χ3n) is 9.73. The number of rotatable bonds is 12. The fraction of sp³-hybridized carbons (Fsp3) is 1.00. The fourth-order valence-corrected chi connectivity index (χ4v) is 6.60. The van der Waals surface area contributed by atoms with E-state index in [9.17, 15) is 71.5 Å². The van der Waals surface area contributed by atoms with Crippen molar-refractivity contribution < 1.29 is 114 Å². The van der Waals surface area contributed by atoms with Crippen molar-refractivity contribution in [1.82, 2.24) is 0 Å². The molecule has 14 N–H and O–H groups in total. The third kappa shape index (κ3) is 8.87. The smallest absolute Gasteiger partial charge is 0.187 e. The van der Waals surface area contributed by atoms with Crippen molar-refractivity contribution in [3.05, 3.63) is 0 Å². The molecule has 0 aliphatic carbocycles. The van der Waals surface area contributed by atoms with Crippen LogP contribution in [0.3, 0.4) is 0 Å². The summed E-state index contributed by atoms with van der Waals surface area (Å²) in [4.78, 5) is 0. The van der Waals surface area contributed by atoms with E-state index in [-0.39, 0.29) is 13.0 Å². The molecule has 0 aromatic rings. The molecule has 5 fully saturated rings. The minimum absolute atomic E-state index is 0.104. The van der Waals surface area contributed by atoms with Crippen molar-refractivity contribution in [2.45, 2.75) is 141 Å². The van der Waals surface area contributed by atoms with Crippen LogP contribution in [0.5, 0.6) is 0 Å². The van der Waals surface area contributed by atoms with Gasteiger partial charge in [-0.2, -0.15) is 0 Å². The van der Waals surface area contributed by atoms with Crippen molar-refractivity contribution in [2.24, 2.45) is 0 Å². The van der Waals surface area contributed by atoms with Crippen molar-refractivity contribution in [3.63, 3.8) is 0 Å². The first-order valence-corrected chi connectivity index (χ1v) is 16.8. The van der Waals surface area contributed by atoms with Crippen LogP contribution in [0.4, 0.5) is 0 Å². The lowest BCUT2D eigenvalue weighted by atomic mass is 9.96. The Morgan fingerprint density at radius 3 is 1.63 bits per heavy atom. The zero-order chi connectivity index (χ0) is 38.0. The minimum Gasteiger partial charge on any atom is -0.394 e. The van der Waals surface area contributed by atoms with Crippen molar-refractivity contribution in [3.8, 4) is 0 Å². The van der Waals surface area contributed by atoms with Gasteiger partial charge in [-0.25, -0.2) is 0 Å². The molecule has 22 atom stereocenters. The quantitative estimate of drug-likeness (QED) is 0.0876. The minimum atomic E-state index is -2.01. The van der Waals surface area contributed by atoms with E-state index in [4.69, 9.17) is 42.6 Å². The number of hydrogen-bond acceptors (Lipinski definition) is 23. The van der Waals surface area contributed by atoms with Crippen LogP contribution in [0.25, 0.3) is 0 Å². The van der Waals surface area contributed by atoms with Crippen molar-refractivity contribution >= 4 is 0 Å². The predicted octanol–water partition coefficient (Wildman–Crippen LogP) is -9.57. The van der Waals surface area contributed by atoms with Crippen LogP contribution in [0, 0.1) is 0 Å². The molecule has 23 nitrogen and oxygen atoms in total. The predicted molar refractivity (Wildman–Crippen MR) is 158 cm³/mol. The molecule has 52 heavy (non-hydrogen) atoms. The molecule has 5 heterocycles. The molecule has 0 amide bonds. The second-order valence-corrected chi connectivity index (χ2v) is 13.3. The van der Waals surface area contributed by atoms with Gasteiger partial charge in [0.25, 0.3) is 0 Å². The van der Waals surface area contributed by atoms with Crippen LogP contribution in [0.15, 0.2) is 0 Å². The Balaban J connectivity index is 1.39. The van der Waals surface area contributed by atoms with Gasteiger partial charge in [0.2, 0.25) is 0 Å². The van der Waals surface area contributed by atoms with E-state index in [2.05, 4.69) is 0 Å². The highest BCUT2D eigenvalue weighted by atomic mass is 16.8. The molecule has 0 aromatic heterocycles. The van der Waals surface area contributed by atoms with Crippen LogP contribution in [0.2, 0.25) is 0 Å². The Morgan fingerprint density at radius 2 is 0.981 bits per heavy atom. The lowest BCUT2D eigenvalue weighted by molar-refractivity contribution is -0.400. The summed E-state index contributed by atoms with van der Waals surface area (Å²) in [6.45, 7) is -3.94. The Hall–Kier alpha value is -0.920. The SMILES string of the molecule is OC[C@@H]1C[C@H](O)[C@@H](O)[C@H](O[C@@H]2CO[C@@H](O[C@H]3[C@H](O)[C@@H](CO)O[C@@H](O[C@@H]4[C@H](O)[C@@H](O)CO[C@@H]4CO)[C@@H]3O[C@@H]3O[C@H](CO)[C@@H](O)[C@H](O)[C@H]3O)[C@H](O)[C@H]2O)O1. The van der Waals surface area contributed by atoms with Crippen LogP contribution >= 0.6 is 0 Å². The molecule has 0 bridgehead atoms. The number of hydrogen-bond donors (Lipinski definition) is 14. The Labute approximate surface area is 295 Å². The van der Waals surface area contributed by atoms with Gasteiger partial charge in [0.05, 0.1) is 51.8 Å². The summed E-state index contributed by atoms with van der Waals surface area (Å²) in [5.41, 5.74) is 0. The first kappa shape index (κ1) is 42.2. The molecule has 0 aromatic carbocycles. The summed E-state index contributed by atoms with van der Waals surface area (Å²) in [6, 6.07) is 0. The van der Waals surface area contributed by atoms with Crippen LogP contribution in [0.1, 0.15) is 6.42 Å². The average molecular weight is 767 g/mol. The maximum atomic E-state index is 11.3. The summed E-state index contributed by atoms with van der Waals surface area (Å²) in [5, 5.41) is 145. The molecule has 0 radical (unpaired) electrons. The van der Waals surface area contributed by atoms with Gasteiger partial charge in [-0.3, -0.25) is 0 Å². The van der Waals surface area contributed by atoms with E-state index in [1.54, 1.807) is 0 Å². The molecular formula is C29H50O23. The maximum absolute atomic E-state index is 11.3. The zero-order valence-corrected chi connectivity index (χ0v) is 27.6. The Morgan fingerprint density at radius 1 is 0.404 bits per heavy atom. The molecule has 0 saturated carbocycles. The Bertz CT molecular complexity index is 1090. The summed E-state index contributed by atoms with van der Waals surface area (Å²) >= 11 is 0. The van der Waals surface area contributed by atoms with Crippen LogP contribution < -0.4 is 0 Å². The third-order valence-corrected chi connectivity index (χ3v) is 9.73. The van der Waals surface area contributed by atoms with Gasteiger partial charge >= 0.3 is 0 Å². The van der Waals surface area contributed by atoms with Crippen molar-refractivity contribution in [1.29, 1.82) is 0 Å². The highest BCUT2D eigenvalue weighted by Gasteiger charge is 2.56. The van der Waals surface area contributed by atoms with Gasteiger partial charge in [-0.1, -0.05) is 0 Å². The van der Waals surface area contributed by atoms with Crippen LogP contribution in [-0.2, 0) is 42.6 Å². The molecule has 5 rings (SSSR count). The van der Waals surface area contributed by atoms with E-state index in [0.29, 0.717) is 0 Å². The maximum Gasteiger partial charge on any atom is 0.187 e. The second-order valence-electron chi connectivity index (χ2n) is 13.3. The lowest BCUT2D eigenvalue weighted by Crippen LogP contribution is -2.68. The second kappa shape index (κ2) is 18.4. The first-order valence-electron chi connectivity index (χ1n) is 16.8. The lowest BCUT2D eigenvalue weighted by Gasteiger charge is -2.50. The van der Waals surface area contributed by atoms with Gasteiger partial charge in [0.1, 0.15) is 97.7 Å². The first-order chi connectivity index (χ1) is 24.7. The Kier molecular flexibility index (Phi) is 14.9. The van der Waals surface area contributed by atoms with Gasteiger partial charge in [0, 0.05) is 6.42 Å². The molecule has 5 saturated heterocycles. The van der Waals surface area contributed by atoms with Gasteiger partial charge in [-0.05, 0) is 0 Å². The van der Waals surface area contributed by atoms with E-state index < -0.39 is 168 Å². The average Bonchev–Trinajstić information content (AvgIpc) is 3.13. The molecular weight excluding hydrogens is 716 g/mol. The molecule has 304 valence electrons. The number of aliphatic hydroxyl groups excluding tert-OH is 14. The monoisotopic (exact) mass is 766 g/mol. The van der Waals surface area contributed by atoms with E-state index in [1.807, 2.05) is 0 Å². The van der Waals surface area contributed by atoms with Gasteiger partial charge in [0.15, 0.2) is 25.2 Å². The van der Waals surface area contributed by atoms with Crippen LogP contribution in [-0.4, -0.2) is 246 Å². The summed E-state index contributed by atoms with van der Waals surface area (Å²) < 4.78 is 50.8. The number of aliphatic hydroxyl groups is 14. The highest BCUT2D eigenvalue weighted by molar-refractivity contribution is 4.98. The largest absolute Gasteiger partial charge is 0.394 e. The molecule has 5 aliphatic rings. The highest BCUT2D eigenvalue weighted by Crippen LogP contribution is 2.35. The molecule has 0 unspecified atom stereocenters. The fourth-order valence-electron chi connectivity index (χ4n) is 6.60. The normalized spacial score (nSPS) is 52.0.